The molecule has 0 fully saturated rings. The van der Waals surface area contributed by atoms with Crippen molar-refractivity contribution in [2.75, 3.05) is 5.32 Å². The first-order chi connectivity index (χ1) is 8.19. The van der Waals surface area contributed by atoms with Crippen LogP contribution in [-0.2, 0) is 0 Å². The van der Waals surface area contributed by atoms with Crippen LogP contribution in [0, 0.1) is 10.1 Å². The smallest absolute Gasteiger partial charge is 0.404 e. The van der Waals surface area contributed by atoms with Crippen LogP contribution in [0.25, 0.3) is 0 Å². The van der Waals surface area contributed by atoms with Crippen LogP contribution in [0.5, 0.6) is 5.75 Å². The monoisotopic (exact) mass is 281 g/mol. The Labute approximate surface area is 104 Å². The van der Waals surface area contributed by atoms with Gasteiger partial charge in [0.15, 0.2) is 10.9 Å². The number of hydrogen-bond donors (Lipinski definition) is 2. The van der Waals surface area contributed by atoms with Gasteiger partial charge in [0.25, 0.3) is 5.69 Å². The number of nitrogens with two attached hydrogens (primary N) is 1. The second-order valence-electron chi connectivity index (χ2n) is 2.97. The molecule has 10 heteroatoms. The van der Waals surface area contributed by atoms with Crippen molar-refractivity contribution in [1.29, 1.82) is 0 Å². The summed E-state index contributed by atoms with van der Waals surface area (Å²) in [5, 5.41) is 12.3. The molecule has 0 aliphatic carbocycles. The summed E-state index contributed by atoms with van der Waals surface area (Å²) in [6.07, 6.45) is -4.93. The van der Waals surface area contributed by atoms with E-state index >= 15 is 0 Å². The average Bonchev–Trinajstić information content (AvgIpc) is 2.17. The van der Waals surface area contributed by atoms with E-state index < -0.39 is 22.7 Å². The first kappa shape index (κ1) is 14.0. The number of ether oxygens (including phenoxy) is 1. The Bertz CT molecular complexity index is 492. The van der Waals surface area contributed by atoms with E-state index in [0.717, 1.165) is 18.2 Å². The molecule has 1 aromatic rings. The molecule has 1 rings (SSSR count). The maximum atomic E-state index is 12.1. The lowest BCUT2D eigenvalue weighted by Crippen LogP contribution is -2.22. The highest BCUT2D eigenvalue weighted by molar-refractivity contribution is 7.80. The van der Waals surface area contributed by atoms with Gasteiger partial charge in [-0.3, -0.25) is 10.1 Å². The summed E-state index contributed by atoms with van der Waals surface area (Å²) in [6.45, 7) is 0. The van der Waals surface area contributed by atoms with E-state index in [9.17, 15) is 23.3 Å². The van der Waals surface area contributed by atoms with Gasteiger partial charge < -0.3 is 15.8 Å². The molecule has 0 heterocycles. The maximum absolute atomic E-state index is 12.1. The van der Waals surface area contributed by atoms with Gasteiger partial charge in [0.2, 0.25) is 0 Å². The molecule has 0 spiro atoms. The Morgan fingerprint density at radius 3 is 2.56 bits per heavy atom. The Kier molecular flexibility index (Phi) is 3.91. The number of benzene rings is 1. The van der Waals surface area contributed by atoms with Crippen molar-refractivity contribution in [2.45, 2.75) is 6.36 Å². The van der Waals surface area contributed by atoms with Gasteiger partial charge in [-0.05, 0) is 18.3 Å². The summed E-state index contributed by atoms with van der Waals surface area (Å²) in [5.41, 5.74) is 4.33. The van der Waals surface area contributed by atoms with E-state index in [1.807, 2.05) is 0 Å². The first-order valence-corrected chi connectivity index (χ1v) is 4.70. The topological polar surface area (TPSA) is 90.4 Å². The molecule has 0 amide bonds. The molecule has 18 heavy (non-hydrogen) atoms. The van der Waals surface area contributed by atoms with Gasteiger partial charge in [0.05, 0.1) is 10.6 Å². The molecule has 0 aromatic heterocycles. The number of rotatable bonds is 3. The lowest BCUT2D eigenvalue weighted by molar-refractivity contribution is -0.384. The number of nitrogens with zero attached hydrogens (tertiary/aromatic N) is 1. The van der Waals surface area contributed by atoms with Crippen molar-refractivity contribution in [3.8, 4) is 5.75 Å². The third-order valence-electron chi connectivity index (χ3n) is 1.66. The highest BCUT2D eigenvalue weighted by atomic mass is 32.1. The fourth-order valence-electron chi connectivity index (χ4n) is 1.08. The van der Waals surface area contributed by atoms with E-state index in [4.69, 9.17) is 5.73 Å². The number of nitro benzene ring substituents is 1. The second kappa shape index (κ2) is 5.04. The van der Waals surface area contributed by atoms with E-state index in [-0.39, 0.29) is 10.8 Å². The van der Waals surface area contributed by atoms with Gasteiger partial charge in [-0.25, -0.2) is 0 Å². The maximum Gasteiger partial charge on any atom is 0.573 e. The molecule has 6 nitrogen and oxygen atoms in total. The molecule has 0 saturated carbocycles. The molecule has 0 atom stereocenters. The minimum absolute atomic E-state index is 0.339. The average molecular weight is 281 g/mol. The molecule has 0 saturated heterocycles. The fraction of sp³-hybridized carbons (Fsp3) is 0.125. The SMILES string of the molecule is NC(=S)Nc1cc([N+](=O)[O-])ccc1OC(F)(F)F. The van der Waals surface area contributed by atoms with Gasteiger partial charge in [-0.1, -0.05) is 0 Å². The van der Waals surface area contributed by atoms with Crippen molar-refractivity contribution in [3.63, 3.8) is 0 Å². The van der Waals surface area contributed by atoms with Crippen LogP contribution in [0.2, 0.25) is 0 Å². The number of nitro groups is 1. The van der Waals surface area contributed by atoms with Gasteiger partial charge in [0, 0.05) is 12.1 Å². The number of thiocarbonyl (C=S) groups is 1. The number of anilines is 1. The van der Waals surface area contributed by atoms with E-state index in [0.29, 0.717) is 0 Å². The summed E-state index contributed by atoms with van der Waals surface area (Å²) < 4.78 is 39.9. The first-order valence-electron chi connectivity index (χ1n) is 4.29. The quantitative estimate of drug-likeness (QED) is 0.501. The minimum atomic E-state index is -4.93. The highest BCUT2D eigenvalue weighted by Crippen LogP contribution is 2.33. The second-order valence-corrected chi connectivity index (χ2v) is 3.41. The van der Waals surface area contributed by atoms with Crippen LogP contribution in [0.4, 0.5) is 24.5 Å². The molecule has 0 aliphatic heterocycles. The number of alkyl halides is 3. The summed E-state index contributed by atoms with van der Waals surface area (Å²) in [4.78, 5) is 9.71. The molecule has 0 aliphatic rings. The van der Waals surface area contributed by atoms with E-state index in [2.05, 4.69) is 22.3 Å². The zero-order valence-electron chi connectivity index (χ0n) is 8.52. The van der Waals surface area contributed by atoms with Crippen molar-refractivity contribution in [3.05, 3.63) is 28.3 Å². The predicted octanol–water partition coefficient (Wildman–Crippen LogP) is 2.15. The van der Waals surface area contributed by atoms with Crippen molar-refractivity contribution in [2.24, 2.45) is 5.73 Å². The fourth-order valence-corrected chi connectivity index (χ4v) is 1.19. The molecule has 0 radical (unpaired) electrons. The summed E-state index contributed by atoms with van der Waals surface area (Å²) >= 11 is 4.45. The number of hydrogen-bond acceptors (Lipinski definition) is 4. The third kappa shape index (κ3) is 4.05. The number of nitrogens with one attached hydrogen (secondary N) is 1. The van der Waals surface area contributed by atoms with Gasteiger partial charge in [-0.2, -0.15) is 0 Å². The van der Waals surface area contributed by atoms with Gasteiger partial charge in [-0.15, -0.1) is 13.2 Å². The number of non-ortho nitro benzene ring substituents is 1. The standard InChI is InChI=1S/C8H6F3N3O3S/c9-8(10,11)17-6-2-1-4(14(15)16)3-5(6)13-7(12)18/h1-3H,(H3,12,13,18). The molecular weight excluding hydrogens is 275 g/mol. The number of halogens is 3. The molecule has 1 aromatic carbocycles. The van der Waals surface area contributed by atoms with Crippen LogP contribution in [-0.4, -0.2) is 16.4 Å². The predicted molar refractivity (Wildman–Crippen MR) is 60.2 cm³/mol. The van der Waals surface area contributed by atoms with Crippen LogP contribution >= 0.6 is 12.2 Å². The van der Waals surface area contributed by atoms with Crippen LogP contribution < -0.4 is 15.8 Å². The minimum Gasteiger partial charge on any atom is -0.404 e. The Morgan fingerprint density at radius 2 is 2.11 bits per heavy atom. The van der Waals surface area contributed by atoms with Crippen molar-refractivity contribution in [1.82, 2.24) is 0 Å². The molecular formula is C8H6F3N3O3S. The third-order valence-corrected chi connectivity index (χ3v) is 1.76. The van der Waals surface area contributed by atoms with Crippen LogP contribution in [0.3, 0.4) is 0 Å². The Balaban J connectivity index is 3.16. The molecule has 0 unspecified atom stereocenters. The summed E-state index contributed by atoms with van der Waals surface area (Å²) in [6, 6.07) is 2.50. The Hall–Kier alpha value is -2.10. The highest BCUT2D eigenvalue weighted by Gasteiger charge is 2.32. The van der Waals surface area contributed by atoms with E-state index in [1.54, 1.807) is 0 Å². The van der Waals surface area contributed by atoms with Crippen LogP contribution in [0.1, 0.15) is 0 Å². The largest absolute Gasteiger partial charge is 0.573 e. The van der Waals surface area contributed by atoms with Gasteiger partial charge in [0.1, 0.15) is 0 Å². The van der Waals surface area contributed by atoms with Crippen molar-refractivity contribution >= 4 is 28.7 Å². The molecule has 0 bridgehead atoms. The van der Waals surface area contributed by atoms with Crippen molar-refractivity contribution < 1.29 is 22.8 Å². The lowest BCUT2D eigenvalue weighted by atomic mass is 10.2. The van der Waals surface area contributed by atoms with E-state index in [1.165, 1.54) is 0 Å². The lowest BCUT2D eigenvalue weighted by Gasteiger charge is -2.13. The Morgan fingerprint density at radius 1 is 1.50 bits per heavy atom. The molecule has 3 N–H and O–H groups in total. The molecule has 98 valence electrons. The summed E-state index contributed by atoms with van der Waals surface area (Å²) in [5.74, 6) is -0.666. The normalized spacial score (nSPS) is 10.8. The van der Waals surface area contributed by atoms with Crippen LogP contribution in [0.15, 0.2) is 18.2 Å². The summed E-state index contributed by atoms with van der Waals surface area (Å²) in [7, 11) is 0. The zero-order chi connectivity index (χ0) is 13.9. The van der Waals surface area contributed by atoms with Gasteiger partial charge >= 0.3 is 6.36 Å². The zero-order valence-corrected chi connectivity index (χ0v) is 9.34.